The number of hydrogen-bond acceptors (Lipinski definition) is 4. The van der Waals surface area contributed by atoms with E-state index in [4.69, 9.17) is 0 Å². The quantitative estimate of drug-likeness (QED) is 0.736. The number of nitrogens with one attached hydrogen (secondary N) is 2. The molecule has 1 atom stereocenters. The summed E-state index contributed by atoms with van der Waals surface area (Å²) in [5.41, 5.74) is 1.80. The lowest BCUT2D eigenvalue weighted by molar-refractivity contribution is -0.143. The van der Waals surface area contributed by atoms with Crippen LogP contribution >= 0.6 is 0 Å². The molecular weight excluding hydrogens is 348 g/mol. The topological polar surface area (TPSA) is 98.8 Å². The van der Waals surface area contributed by atoms with Crippen molar-refractivity contribution in [3.63, 3.8) is 0 Å². The fourth-order valence-corrected chi connectivity index (χ4v) is 3.35. The molecule has 1 aromatic rings. The molecule has 0 radical (unpaired) electrons. The van der Waals surface area contributed by atoms with Crippen molar-refractivity contribution in [1.82, 2.24) is 20.4 Å². The Balaban J connectivity index is 1.79. The standard InChI is InChI=1S/C19H24N4O4/c1-13-2-4-14(5-3-13)15(19(27)23-9-7-21-17(25)12-23)10-18(26)22-8-6-20-16(24)11-22/h2-5,15H,6-12H2,1H3,(H,20,24)(H,21,25). The van der Waals surface area contributed by atoms with E-state index < -0.39 is 5.92 Å². The highest BCUT2D eigenvalue weighted by atomic mass is 16.2. The number of benzene rings is 1. The lowest BCUT2D eigenvalue weighted by atomic mass is 9.92. The Morgan fingerprint density at radius 2 is 1.52 bits per heavy atom. The van der Waals surface area contributed by atoms with Crippen LogP contribution in [0.2, 0.25) is 0 Å². The highest BCUT2D eigenvalue weighted by Crippen LogP contribution is 2.24. The average molecular weight is 372 g/mol. The number of hydrogen-bond donors (Lipinski definition) is 2. The second-order valence-corrected chi connectivity index (χ2v) is 6.94. The summed E-state index contributed by atoms with van der Waals surface area (Å²) in [4.78, 5) is 52.1. The SMILES string of the molecule is Cc1ccc(C(CC(=O)N2CCNC(=O)C2)C(=O)N2CCNC(=O)C2)cc1. The van der Waals surface area contributed by atoms with E-state index in [-0.39, 0.29) is 43.1 Å². The molecule has 0 spiro atoms. The lowest BCUT2D eigenvalue weighted by Gasteiger charge is -2.32. The largest absolute Gasteiger partial charge is 0.353 e. The van der Waals surface area contributed by atoms with Crippen LogP contribution in [0.3, 0.4) is 0 Å². The van der Waals surface area contributed by atoms with Gasteiger partial charge in [-0.05, 0) is 12.5 Å². The van der Waals surface area contributed by atoms with Crippen LogP contribution in [0.5, 0.6) is 0 Å². The Morgan fingerprint density at radius 1 is 0.963 bits per heavy atom. The van der Waals surface area contributed by atoms with Crippen LogP contribution in [0, 0.1) is 6.92 Å². The van der Waals surface area contributed by atoms with Gasteiger partial charge < -0.3 is 20.4 Å². The molecule has 1 aromatic carbocycles. The average Bonchev–Trinajstić information content (AvgIpc) is 2.66. The molecule has 0 bridgehead atoms. The van der Waals surface area contributed by atoms with Gasteiger partial charge in [-0.3, -0.25) is 19.2 Å². The molecule has 8 heteroatoms. The van der Waals surface area contributed by atoms with E-state index in [2.05, 4.69) is 10.6 Å². The maximum atomic E-state index is 13.1. The minimum atomic E-state index is -0.672. The zero-order valence-corrected chi connectivity index (χ0v) is 15.4. The van der Waals surface area contributed by atoms with Gasteiger partial charge in [0.05, 0.1) is 19.0 Å². The Bertz CT molecular complexity index is 747. The first-order valence-electron chi connectivity index (χ1n) is 9.10. The Morgan fingerprint density at radius 3 is 2.11 bits per heavy atom. The molecule has 2 heterocycles. The number of rotatable bonds is 4. The van der Waals surface area contributed by atoms with Gasteiger partial charge in [0.1, 0.15) is 0 Å². The summed E-state index contributed by atoms with van der Waals surface area (Å²) in [5.74, 6) is -1.53. The highest BCUT2D eigenvalue weighted by molar-refractivity contribution is 5.94. The fraction of sp³-hybridized carbons (Fsp3) is 0.474. The summed E-state index contributed by atoms with van der Waals surface area (Å²) in [6, 6.07) is 7.49. The van der Waals surface area contributed by atoms with Crippen molar-refractivity contribution >= 4 is 23.6 Å². The predicted octanol–water partition coefficient (Wildman–Crippen LogP) is -0.614. The molecule has 8 nitrogen and oxygen atoms in total. The molecule has 0 aliphatic carbocycles. The number of carbonyl (C=O) groups is 4. The molecule has 2 aliphatic heterocycles. The normalized spacial score (nSPS) is 18.6. The Hall–Kier alpha value is -2.90. The third-order valence-electron chi connectivity index (χ3n) is 4.90. The number of nitrogens with zero attached hydrogens (tertiary/aromatic N) is 2. The molecule has 2 fully saturated rings. The van der Waals surface area contributed by atoms with Crippen LogP contribution in [0.25, 0.3) is 0 Å². The van der Waals surface area contributed by atoms with Crippen molar-refractivity contribution in [1.29, 1.82) is 0 Å². The first-order chi connectivity index (χ1) is 12.9. The highest BCUT2D eigenvalue weighted by Gasteiger charge is 2.32. The number of aryl methyl sites for hydroxylation is 1. The van der Waals surface area contributed by atoms with Crippen LogP contribution in [0.1, 0.15) is 23.5 Å². The second-order valence-electron chi connectivity index (χ2n) is 6.94. The molecule has 1 unspecified atom stereocenters. The smallest absolute Gasteiger partial charge is 0.239 e. The van der Waals surface area contributed by atoms with Crippen LogP contribution in [-0.4, -0.2) is 72.7 Å². The van der Waals surface area contributed by atoms with Crippen molar-refractivity contribution in [3.05, 3.63) is 35.4 Å². The van der Waals surface area contributed by atoms with Gasteiger partial charge in [-0.1, -0.05) is 29.8 Å². The minimum absolute atomic E-state index is 0.00149. The summed E-state index contributed by atoms with van der Waals surface area (Å²) in [6.45, 7) is 3.65. The van der Waals surface area contributed by atoms with Gasteiger partial charge in [0, 0.05) is 32.6 Å². The molecule has 3 rings (SSSR count). The van der Waals surface area contributed by atoms with Crippen molar-refractivity contribution in [2.75, 3.05) is 39.3 Å². The maximum absolute atomic E-state index is 13.1. The summed E-state index contributed by atoms with van der Waals surface area (Å²) in [7, 11) is 0. The molecular formula is C19H24N4O4. The van der Waals surface area contributed by atoms with E-state index in [0.717, 1.165) is 11.1 Å². The molecule has 144 valence electrons. The molecule has 0 aromatic heterocycles. The third kappa shape index (κ3) is 4.64. The van der Waals surface area contributed by atoms with Gasteiger partial charge >= 0.3 is 0 Å². The van der Waals surface area contributed by atoms with E-state index in [9.17, 15) is 19.2 Å². The molecule has 27 heavy (non-hydrogen) atoms. The molecule has 2 N–H and O–H groups in total. The van der Waals surface area contributed by atoms with Crippen molar-refractivity contribution in [3.8, 4) is 0 Å². The van der Waals surface area contributed by atoms with Crippen LogP contribution in [-0.2, 0) is 19.2 Å². The van der Waals surface area contributed by atoms with Gasteiger partial charge in [0.2, 0.25) is 23.6 Å². The van der Waals surface area contributed by atoms with Crippen molar-refractivity contribution in [2.24, 2.45) is 0 Å². The van der Waals surface area contributed by atoms with Crippen molar-refractivity contribution < 1.29 is 19.2 Å². The van der Waals surface area contributed by atoms with E-state index in [1.165, 1.54) is 9.80 Å². The van der Waals surface area contributed by atoms with Gasteiger partial charge in [-0.15, -0.1) is 0 Å². The summed E-state index contributed by atoms with van der Waals surface area (Å²) in [5, 5.41) is 5.38. The molecule has 2 saturated heterocycles. The zero-order chi connectivity index (χ0) is 19.4. The number of carbonyl (C=O) groups excluding carboxylic acids is 4. The van der Waals surface area contributed by atoms with E-state index in [1.54, 1.807) is 0 Å². The molecule has 0 saturated carbocycles. The summed E-state index contributed by atoms with van der Waals surface area (Å²) < 4.78 is 0. The zero-order valence-electron chi connectivity index (χ0n) is 15.4. The van der Waals surface area contributed by atoms with E-state index in [1.807, 2.05) is 31.2 Å². The second kappa shape index (κ2) is 8.20. The monoisotopic (exact) mass is 372 g/mol. The van der Waals surface area contributed by atoms with Gasteiger partial charge in [-0.25, -0.2) is 0 Å². The van der Waals surface area contributed by atoms with Gasteiger partial charge in [0.15, 0.2) is 0 Å². The van der Waals surface area contributed by atoms with Crippen LogP contribution in [0.4, 0.5) is 0 Å². The lowest BCUT2D eigenvalue weighted by Crippen LogP contribution is -2.52. The predicted molar refractivity (Wildman–Crippen MR) is 97.7 cm³/mol. The Labute approximate surface area is 157 Å². The first kappa shape index (κ1) is 18.9. The van der Waals surface area contributed by atoms with Crippen molar-refractivity contribution in [2.45, 2.75) is 19.3 Å². The number of piperazine rings is 2. The molecule has 2 aliphatic rings. The van der Waals surface area contributed by atoms with Crippen LogP contribution < -0.4 is 10.6 Å². The third-order valence-corrected chi connectivity index (χ3v) is 4.90. The van der Waals surface area contributed by atoms with Gasteiger partial charge in [0.25, 0.3) is 0 Å². The fourth-order valence-electron chi connectivity index (χ4n) is 3.35. The van der Waals surface area contributed by atoms with E-state index in [0.29, 0.717) is 26.2 Å². The Kier molecular flexibility index (Phi) is 5.73. The first-order valence-corrected chi connectivity index (χ1v) is 9.10. The maximum Gasteiger partial charge on any atom is 0.239 e. The summed E-state index contributed by atoms with van der Waals surface area (Å²) >= 11 is 0. The van der Waals surface area contributed by atoms with E-state index >= 15 is 0 Å². The number of amides is 4. The van der Waals surface area contributed by atoms with Gasteiger partial charge in [-0.2, -0.15) is 0 Å². The minimum Gasteiger partial charge on any atom is -0.353 e. The molecule has 4 amide bonds. The van der Waals surface area contributed by atoms with Crippen LogP contribution in [0.15, 0.2) is 24.3 Å². The summed E-state index contributed by atoms with van der Waals surface area (Å²) in [6.07, 6.45) is -0.0205.